The summed E-state index contributed by atoms with van der Waals surface area (Å²) < 4.78 is 9.83. The van der Waals surface area contributed by atoms with Crippen molar-refractivity contribution in [3.05, 3.63) is 24.2 Å². The van der Waals surface area contributed by atoms with Gasteiger partial charge in [-0.15, -0.1) is 0 Å². The predicted molar refractivity (Wildman–Crippen MR) is 44.5 cm³/mol. The van der Waals surface area contributed by atoms with Crippen LogP contribution in [0.4, 0.5) is 0 Å². The van der Waals surface area contributed by atoms with E-state index in [1.54, 1.807) is 6.26 Å². The Bertz CT molecular complexity index is 380. The van der Waals surface area contributed by atoms with Crippen molar-refractivity contribution in [2.45, 2.75) is 6.42 Å². The number of ether oxygens (including phenoxy) is 2. The van der Waals surface area contributed by atoms with Gasteiger partial charge in [-0.05, 0) is 18.6 Å². The van der Waals surface area contributed by atoms with Gasteiger partial charge in [0.2, 0.25) is 0 Å². The van der Waals surface area contributed by atoms with E-state index in [-0.39, 0.29) is 17.8 Å². The first-order chi connectivity index (χ1) is 6.77. The van der Waals surface area contributed by atoms with Crippen molar-refractivity contribution >= 4 is 11.9 Å². The van der Waals surface area contributed by atoms with Crippen molar-refractivity contribution in [3.8, 4) is 0 Å². The first kappa shape index (κ1) is 7.79. The molecule has 14 heavy (non-hydrogen) atoms. The van der Waals surface area contributed by atoms with Crippen molar-refractivity contribution < 1.29 is 19.1 Å². The Labute approximate surface area is 80.2 Å². The molecule has 3 rings (SSSR count). The molecule has 0 aromatic heterocycles. The molecule has 3 atom stereocenters. The van der Waals surface area contributed by atoms with Gasteiger partial charge in [0.15, 0.2) is 0 Å². The largest absolute Gasteiger partial charge is 0.469 e. The molecule has 3 unspecified atom stereocenters. The topological polar surface area (TPSA) is 52.6 Å². The highest BCUT2D eigenvalue weighted by Gasteiger charge is 2.51. The van der Waals surface area contributed by atoms with E-state index in [0.717, 1.165) is 5.76 Å². The number of rotatable bonds is 0. The van der Waals surface area contributed by atoms with Crippen LogP contribution in [-0.2, 0) is 19.1 Å². The summed E-state index contributed by atoms with van der Waals surface area (Å²) in [4.78, 5) is 22.7. The average Bonchev–Trinajstić information content (AvgIpc) is 2.71. The molecular formula is C10H8O4. The Balaban J connectivity index is 2.03. The molecule has 4 nitrogen and oxygen atoms in total. The lowest BCUT2D eigenvalue weighted by atomic mass is 9.77. The maximum atomic E-state index is 11.4. The quantitative estimate of drug-likeness (QED) is 0.419. The van der Waals surface area contributed by atoms with Gasteiger partial charge in [-0.3, -0.25) is 9.59 Å². The third kappa shape index (κ3) is 0.828. The zero-order valence-electron chi connectivity index (χ0n) is 7.30. The fourth-order valence-corrected chi connectivity index (χ4v) is 2.29. The van der Waals surface area contributed by atoms with Crippen molar-refractivity contribution in [3.63, 3.8) is 0 Å². The van der Waals surface area contributed by atoms with E-state index in [9.17, 15) is 9.59 Å². The molecule has 0 amide bonds. The minimum absolute atomic E-state index is 0.0901. The first-order valence-corrected chi connectivity index (χ1v) is 4.56. The van der Waals surface area contributed by atoms with E-state index in [4.69, 9.17) is 4.74 Å². The summed E-state index contributed by atoms with van der Waals surface area (Å²) in [5.74, 6) is -0.782. The normalized spacial score (nSPS) is 38.6. The van der Waals surface area contributed by atoms with Crippen molar-refractivity contribution in [1.29, 1.82) is 0 Å². The van der Waals surface area contributed by atoms with E-state index in [1.165, 1.54) is 0 Å². The number of fused-ring (bicyclic) bond motifs is 3. The molecule has 0 aromatic carbocycles. The lowest BCUT2D eigenvalue weighted by Gasteiger charge is -2.22. The van der Waals surface area contributed by atoms with Crippen LogP contribution in [0.5, 0.6) is 0 Å². The minimum Gasteiger partial charge on any atom is -0.469 e. The van der Waals surface area contributed by atoms with Gasteiger partial charge >= 0.3 is 11.9 Å². The molecule has 1 aliphatic carbocycles. The minimum atomic E-state index is -0.411. The van der Waals surface area contributed by atoms with Gasteiger partial charge in [-0.1, -0.05) is 0 Å². The summed E-state index contributed by atoms with van der Waals surface area (Å²) >= 11 is 0. The van der Waals surface area contributed by atoms with Crippen LogP contribution >= 0.6 is 0 Å². The van der Waals surface area contributed by atoms with Crippen LogP contribution in [0.2, 0.25) is 0 Å². The smallest absolute Gasteiger partial charge is 0.318 e. The molecule has 4 heteroatoms. The van der Waals surface area contributed by atoms with Crippen LogP contribution in [0.25, 0.3) is 0 Å². The second kappa shape index (κ2) is 2.47. The van der Waals surface area contributed by atoms with Gasteiger partial charge in [0.1, 0.15) is 5.76 Å². The molecule has 0 aromatic rings. The van der Waals surface area contributed by atoms with E-state index in [1.807, 2.05) is 12.2 Å². The first-order valence-electron chi connectivity index (χ1n) is 4.56. The molecule has 2 aliphatic heterocycles. The lowest BCUT2D eigenvalue weighted by molar-refractivity contribution is -0.153. The third-order valence-electron chi connectivity index (χ3n) is 2.99. The average molecular weight is 192 g/mol. The Morgan fingerprint density at radius 3 is 3.00 bits per heavy atom. The molecule has 0 N–H and O–H groups in total. The number of hydrogen-bond acceptors (Lipinski definition) is 4. The molecule has 1 saturated heterocycles. The SMILES string of the molecule is O=C1OC(=O)C2C3C=COC3=CCC12. The van der Waals surface area contributed by atoms with Gasteiger partial charge in [0, 0.05) is 0 Å². The highest BCUT2D eigenvalue weighted by molar-refractivity contribution is 5.97. The van der Waals surface area contributed by atoms with Gasteiger partial charge in [-0.2, -0.15) is 0 Å². The van der Waals surface area contributed by atoms with Crippen molar-refractivity contribution in [2.75, 3.05) is 0 Å². The molecule has 0 saturated carbocycles. The van der Waals surface area contributed by atoms with E-state index in [0.29, 0.717) is 6.42 Å². The summed E-state index contributed by atoms with van der Waals surface area (Å²) in [6, 6.07) is 0. The maximum Gasteiger partial charge on any atom is 0.318 e. The summed E-state index contributed by atoms with van der Waals surface area (Å²) in [6.07, 6.45) is 5.78. The third-order valence-corrected chi connectivity index (χ3v) is 2.99. The monoisotopic (exact) mass is 192 g/mol. The fourth-order valence-electron chi connectivity index (χ4n) is 2.29. The zero-order chi connectivity index (χ0) is 9.71. The number of carbonyl (C=O) groups excluding carboxylic acids is 2. The second-order valence-corrected chi connectivity index (χ2v) is 3.69. The molecule has 1 fully saturated rings. The fraction of sp³-hybridized carbons (Fsp3) is 0.400. The van der Waals surface area contributed by atoms with Crippen molar-refractivity contribution in [2.24, 2.45) is 17.8 Å². The highest BCUT2D eigenvalue weighted by atomic mass is 16.6. The van der Waals surface area contributed by atoms with Gasteiger partial charge in [0.05, 0.1) is 24.0 Å². The number of esters is 2. The van der Waals surface area contributed by atoms with Gasteiger partial charge in [-0.25, -0.2) is 0 Å². The molecule has 0 bridgehead atoms. The predicted octanol–water partition coefficient (Wildman–Crippen LogP) is 0.750. The Morgan fingerprint density at radius 1 is 1.29 bits per heavy atom. The van der Waals surface area contributed by atoms with E-state index >= 15 is 0 Å². The molecule has 0 radical (unpaired) electrons. The van der Waals surface area contributed by atoms with Gasteiger partial charge < -0.3 is 9.47 Å². The molecule has 72 valence electrons. The van der Waals surface area contributed by atoms with Crippen LogP contribution in [0.15, 0.2) is 24.2 Å². The summed E-state index contributed by atoms with van der Waals surface area (Å²) in [5.41, 5.74) is 0. The number of cyclic esters (lactones) is 2. The van der Waals surface area contributed by atoms with Crippen LogP contribution in [0.3, 0.4) is 0 Å². The van der Waals surface area contributed by atoms with Gasteiger partial charge in [0.25, 0.3) is 0 Å². The number of carbonyl (C=O) groups is 2. The number of hydrogen-bond donors (Lipinski definition) is 0. The molecular weight excluding hydrogens is 184 g/mol. The zero-order valence-corrected chi connectivity index (χ0v) is 7.30. The molecule has 0 spiro atoms. The Kier molecular flexibility index (Phi) is 1.37. The van der Waals surface area contributed by atoms with Crippen LogP contribution in [0, 0.1) is 17.8 Å². The Hall–Kier alpha value is -1.58. The maximum absolute atomic E-state index is 11.4. The van der Waals surface area contributed by atoms with E-state index in [2.05, 4.69) is 4.74 Å². The van der Waals surface area contributed by atoms with Crippen LogP contribution in [-0.4, -0.2) is 11.9 Å². The standard InChI is InChI=1S/C10H8O4/c11-9-6-1-2-7-5(3-4-13-7)8(6)10(12)14-9/h2-6,8H,1H2. The highest BCUT2D eigenvalue weighted by Crippen LogP contribution is 2.43. The molecule has 3 aliphatic rings. The summed E-state index contributed by atoms with van der Waals surface area (Å²) in [7, 11) is 0. The van der Waals surface area contributed by atoms with Crippen molar-refractivity contribution in [1.82, 2.24) is 0 Å². The number of allylic oxidation sites excluding steroid dienone is 2. The molecule has 2 heterocycles. The Morgan fingerprint density at radius 2 is 2.14 bits per heavy atom. The van der Waals surface area contributed by atoms with Crippen LogP contribution in [0.1, 0.15) is 6.42 Å². The van der Waals surface area contributed by atoms with Crippen LogP contribution < -0.4 is 0 Å². The summed E-state index contributed by atoms with van der Waals surface area (Å²) in [5, 5.41) is 0. The lowest BCUT2D eigenvalue weighted by Crippen LogP contribution is -2.28. The summed E-state index contributed by atoms with van der Waals surface area (Å²) in [6.45, 7) is 0. The second-order valence-electron chi connectivity index (χ2n) is 3.69. The van der Waals surface area contributed by atoms with E-state index < -0.39 is 11.9 Å².